The maximum atomic E-state index is 12.2. The fourth-order valence-corrected chi connectivity index (χ4v) is 2.93. The zero-order valence-corrected chi connectivity index (χ0v) is 16.4. The number of hydrogen-bond acceptors (Lipinski definition) is 4. The van der Waals surface area contributed by atoms with Crippen LogP contribution in [-0.4, -0.2) is 18.0 Å². The van der Waals surface area contributed by atoms with Gasteiger partial charge in [-0.15, -0.1) is 0 Å². The summed E-state index contributed by atoms with van der Waals surface area (Å²) < 4.78 is 5.13. The number of ether oxygens (including phenoxy) is 1. The Morgan fingerprint density at radius 3 is 2.43 bits per heavy atom. The van der Waals surface area contributed by atoms with Crippen molar-refractivity contribution in [2.75, 3.05) is 17.7 Å². The molecule has 0 atom stereocenters. The van der Waals surface area contributed by atoms with Gasteiger partial charge < -0.3 is 15.4 Å². The summed E-state index contributed by atoms with van der Waals surface area (Å²) in [6.45, 7) is 4.32. The maximum absolute atomic E-state index is 12.2. The van der Waals surface area contributed by atoms with Crippen molar-refractivity contribution in [2.24, 2.45) is 0 Å². The highest BCUT2D eigenvalue weighted by molar-refractivity contribution is 5.92. The van der Waals surface area contributed by atoms with Crippen molar-refractivity contribution < 1.29 is 9.53 Å². The molecular formula is C23H25N3O2. The maximum Gasteiger partial charge on any atom is 0.228 e. The molecule has 1 heterocycles. The van der Waals surface area contributed by atoms with E-state index in [1.165, 1.54) is 5.56 Å². The predicted octanol–water partition coefficient (Wildman–Crippen LogP) is 5.14. The van der Waals surface area contributed by atoms with Gasteiger partial charge in [-0.05, 0) is 47.4 Å². The summed E-state index contributed by atoms with van der Waals surface area (Å²) >= 11 is 0. The molecule has 5 nitrogen and oxygen atoms in total. The van der Waals surface area contributed by atoms with E-state index in [0.717, 1.165) is 22.8 Å². The SMILES string of the molecule is COc1ccc(CC(=O)Nc2ccc(Nc3ccccc3C(C)C)nc2)cc1. The van der Waals surface area contributed by atoms with E-state index in [1.807, 2.05) is 54.6 Å². The number of anilines is 3. The van der Waals surface area contributed by atoms with Crippen molar-refractivity contribution in [3.63, 3.8) is 0 Å². The minimum atomic E-state index is -0.0853. The third-order valence-corrected chi connectivity index (χ3v) is 4.42. The molecule has 0 radical (unpaired) electrons. The van der Waals surface area contributed by atoms with E-state index in [9.17, 15) is 4.79 Å². The van der Waals surface area contributed by atoms with Crippen molar-refractivity contribution >= 4 is 23.1 Å². The van der Waals surface area contributed by atoms with Crippen LogP contribution in [0.15, 0.2) is 66.9 Å². The van der Waals surface area contributed by atoms with E-state index in [4.69, 9.17) is 4.74 Å². The van der Waals surface area contributed by atoms with Gasteiger partial charge in [0.1, 0.15) is 11.6 Å². The Labute approximate surface area is 165 Å². The van der Waals surface area contributed by atoms with Crippen LogP contribution in [0, 0.1) is 0 Å². The van der Waals surface area contributed by atoms with Gasteiger partial charge >= 0.3 is 0 Å². The number of para-hydroxylation sites is 1. The van der Waals surface area contributed by atoms with Crippen LogP contribution in [0.5, 0.6) is 5.75 Å². The number of nitrogens with zero attached hydrogens (tertiary/aromatic N) is 1. The highest BCUT2D eigenvalue weighted by Gasteiger charge is 2.08. The van der Waals surface area contributed by atoms with Crippen LogP contribution in [0.3, 0.4) is 0 Å². The Hall–Kier alpha value is -3.34. The van der Waals surface area contributed by atoms with Gasteiger partial charge in [-0.1, -0.05) is 44.2 Å². The van der Waals surface area contributed by atoms with Crippen molar-refractivity contribution in [1.82, 2.24) is 4.98 Å². The normalized spacial score (nSPS) is 10.6. The molecule has 0 fully saturated rings. The van der Waals surface area contributed by atoms with Crippen LogP contribution in [0.2, 0.25) is 0 Å². The summed E-state index contributed by atoms with van der Waals surface area (Å²) in [6.07, 6.45) is 1.96. The highest BCUT2D eigenvalue weighted by Crippen LogP contribution is 2.26. The van der Waals surface area contributed by atoms with Crippen LogP contribution in [-0.2, 0) is 11.2 Å². The third-order valence-electron chi connectivity index (χ3n) is 4.42. The number of rotatable bonds is 7. The largest absolute Gasteiger partial charge is 0.497 e. The van der Waals surface area contributed by atoms with Crippen molar-refractivity contribution in [3.8, 4) is 5.75 Å². The van der Waals surface area contributed by atoms with Crippen LogP contribution >= 0.6 is 0 Å². The standard InChI is InChI=1S/C23H25N3O2/c1-16(2)20-6-4-5-7-21(20)26-22-13-10-18(15-24-22)25-23(27)14-17-8-11-19(28-3)12-9-17/h4-13,15-16H,14H2,1-3H3,(H,24,26)(H,25,27). The number of carbonyl (C=O) groups is 1. The minimum absolute atomic E-state index is 0.0853. The molecule has 3 rings (SSSR count). The van der Waals surface area contributed by atoms with Gasteiger partial charge in [0, 0.05) is 5.69 Å². The summed E-state index contributed by atoms with van der Waals surface area (Å²) in [4.78, 5) is 16.7. The van der Waals surface area contributed by atoms with E-state index in [2.05, 4.69) is 35.5 Å². The Kier molecular flexibility index (Phi) is 6.27. The molecule has 0 saturated heterocycles. The second-order valence-electron chi connectivity index (χ2n) is 6.87. The molecule has 2 N–H and O–H groups in total. The molecule has 2 aromatic carbocycles. The minimum Gasteiger partial charge on any atom is -0.497 e. The predicted molar refractivity (Wildman–Crippen MR) is 113 cm³/mol. The first kappa shape index (κ1) is 19.4. The first-order valence-electron chi connectivity index (χ1n) is 9.30. The van der Waals surface area contributed by atoms with Crippen molar-refractivity contribution in [2.45, 2.75) is 26.2 Å². The summed E-state index contributed by atoms with van der Waals surface area (Å²) in [5.41, 5.74) is 3.87. The van der Waals surface area contributed by atoms with Crippen molar-refractivity contribution in [3.05, 3.63) is 78.0 Å². The van der Waals surface area contributed by atoms with E-state index in [-0.39, 0.29) is 5.91 Å². The van der Waals surface area contributed by atoms with Gasteiger partial charge in [-0.2, -0.15) is 0 Å². The van der Waals surface area contributed by atoms with Crippen LogP contribution in [0.1, 0.15) is 30.9 Å². The lowest BCUT2D eigenvalue weighted by Crippen LogP contribution is -2.14. The summed E-state index contributed by atoms with van der Waals surface area (Å²) in [6, 6.07) is 19.4. The number of hydrogen-bond donors (Lipinski definition) is 2. The average molecular weight is 375 g/mol. The third kappa shape index (κ3) is 5.10. The van der Waals surface area contributed by atoms with Crippen LogP contribution < -0.4 is 15.4 Å². The van der Waals surface area contributed by atoms with E-state index in [1.54, 1.807) is 13.3 Å². The van der Waals surface area contributed by atoms with E-state index >= 15 is 0 Å². The highest BCUT2D eigenvalue weighted by atomic mass is 16.5. The van der Waals surface area contributed by atoms with Gasteiger partial charge in [0.05, 0.1) is 25.4 Å². The number of pyridine rings is 1. The zero-order chi connectivity index (χ0) is 19.9. The molecule has 0 unspecified atom stereocenters. The Morgan fingerprint density at radius 2 is 1.79 bits per heavy atom. The molecule has 0 saturated carbocycles. The molecule has 0 aliphatic heterocycles. The fourth-order valence-electron chi connectivity index (χ4n) is 2.93. The molecule has 0 spiro atoms. The smallest absolute Gasteiger partial charge is 0.228 e. The number of nitrogens with one attached hydrogen (secondary N) is 2. The van der Waals surface area contributed by atoms with Crippen LogP contribution in [0.4, 0.5) is 17.2 Å². The molecule has 3 aromatic rings. The monoisotopic (exact) mass is 375 g/mol. The first-order chi connectivity index (χ1) is 13.5. The number of aromatic nitrogens is 1. The van der Waals surface area contributed by atoms with Gasteiger partial charge in [0.25, 0.3) is 0 Å². The number of carbonyl (C=O) groups excluding carboxylic acids is 1. The first-order valence-corrected chi connectivity index (χ1v) is 9.30. The average Bonchev–Trinajstić information content (AvgIpc) is 2.70. The molecule has 0 bridgehead atoms. The van der Waals surface area contributed by atoms with Crippen molar-refractivity contribution in [1.29, 1.82) is 0 Å². The molecule has 5 heteroatoms. The topological polar surface area (TPSA) is 63.2 Å². The van der Waals surface area contributed by atoms with Gasteiger partial charge in [0.15, 0.2) is 0 Å². The molecule has 0 aliphatic carbocycles. The second-order valence-corrected chi connectivity index (χ2v) is 6.87. The quantitative estimate of drug-likeness (QED) is 0.600. The number of benzene rings is 2. The summed E-state index contributed by atoms with van der Waals surface area (Å²) in [5.74, 6) is 1.84. The van der Waals surface area contributed by atoms with Gasteiger partial charge in [-0.25, -0.2) is 4.98 Å². The Bertz CT molecular complexity index is 919. The molecule has 0 aliphatic rings. The van der Waals surface area contributed by atoms with Gasteiger partial charge in [-0.3, -0.25) is 4.79 Å². The summed E-state index contributed by atoms with van der Waals surface area (Å²) in [7, 11) is 1.62. The lowest BCUT2D eigenvalue weighted by atomic mass is 10.0. The number of methoxy groups -OCH3 is 1. The molecule has 144 valence electrons. The molecule has 1 amide bonds. The van der Waals surface area contributed by atoms with Crippen LogP contribution in [0.25, 0.3) is 0 Å². The molecular weight excluding hydrogens is 350 g/mol. The Balaban J connectivity index is 1.60. The Morgan fingerprint density at radius 1 is 1.04 bits per heavy atom. The van der Waals surface area contributed by atoms with E-state index in [0.29, 0.717) is 18.0 Å². The van der Waals surface area contributed by atoms with Gasteiger partial charge in [0.2, 0.25) is 5.91 Å². The van der Waals surface area contributed by atoms with E-state index < -0.39 is 0 Å². The zero-order valence-electron chi connectivity index (χ0n) is 16.4. The molecule has 1 aromatic heterocycles. The number of amides is 1. The summed E-state index contributed by atoms with van der Waals surface area (Å²) in [5, 5.41) is 6.23. The lowest BCUT2D eigenvalue weighted by molar-refractivity contribution is -0.115. The molecule has 28 heavy (non-hydrogen) atoms. The fraction of sp³-hybridized carbons (Fsp3) is 0.217. The second kappa shape index (κ2) is 9.04. The lowest BCUT2D eigenvalue weighted by Gasteiger charge is -2.14.